The average molecular weight is 594 g/mol. The van der Waals surface area contributed by atoms with Gasteiger partial charge in [0.2, 0.25) is 10.0 Å². The van der Waals surface area contributed by atoms with Crippen molar-refractivity contribution in [3.8, 4) is 0 Å². The van der Waals surface area contributed by atoms with Gasteiger partial charge in [-0.25, -0.2) is 8.42 Å². The predicted octanol–water partition coefficient (Wildman–Crippen LogP) is 5.27. The van der Waals surface area contributed by atoms with Crippen LogP contribution in [-0.2, 0) is 16.4 Å². The van der Waals surface area contributed by atoms with E-state index in [4.69, 9.17) is 0 Å². The molecule has 1 N–H and O–H groups in total. The first-order valence-electron chi connectivity index (χ1n) is 11.9. The number of benzene rings is 2. The maximum absolute atomic E-state index is 13.4. The highest BCUT2D eigenvalue weighted by Crippen LogP contribution is 2.58. The second-order valence-corrected chi connectivity index (χ2v) is 15.0. The van der Waals surface area contributed by atoms with Crippen molar-refractivity contribution in [1.29, 1.82) is 0 Å². The minimum atomic E-state index is -3.51. The Morgan fingerprint density at radius 2 is 1.88 bits per heavy atom. The molecule has 0 radical (unpaired) electrons. The zero-order chi connectivity index (χ0) is 24.5. The lowest BCUT2D eigenvalue weighted by molar-refractivity contribution is 0.102. The van der Waals surface area contributed by atoms with Gasteiger partial charge in [-0.1, -0.05) is 13.0 Å². The number of hydrogen-bond acceptors (Lipinski definition) is 4. The van der Waals surface area contributed by atoms with Crippen LogP contribution in [0.5, 0.6) is 0 Å². The fraction of sp³-hybridized carbons (Fsp3) is 0.500. The Labute approximate surface area is 216 Å². The van der Waals surface area contributed by atoms with Gasteiger partial charge in [0.1, 0.15) is 0 Å². The maximum atomic E-state index is 13.4. The molecule has 8 heteroatoms. The number of amides is 1. The van der Waals surface area contributed by atoms with Crippen molar-refractivity contribution >= 4 is 55.6 Å². The summed E-state index contributed by atoms with van der Waals surface area (Å²) in [5.41, 5.74) is 4.39. The van der Waals surface area contributed by atoms with Crippen molar-refractivity contribution in [3.63, 3.8) is 0 Å². The number of hydrogen-bond donors (Lipinski definition) is 1. The van der Waals surface area contributed by atoms with Gasteiger partial charge in [0.15, 0.2) is 0 Å². The summed E-state index contributed by atoms with van der Waals surface area (Å²) in [5.74, 6) is 0.543. The van der Waals surface area contributed by atoms with E-state index >= 15 is 0 Å². The van der Waals surface area contributed by atoms with Gasteiger partial charge in [-0.3, -0.25) is 9.10 Å². The van der Waals surface area contributed by atoms with Crippen molar-refractivity contribution in [3.05, 3.63) is 51.1 Å². The Morgan fingerprint density at radius 1 is 1.12 bits per heavy atom. The average Bonchev–Trinajstić information content (AvgIpc) is 3.25. The number of nitrogens with one attached hydrogen (secondary N) is 1. The molecule has 0 aromatic heterocycles. The topological polar surface area (TPSA) is 69.7 Å². The Hall–Kier alpha value is -1.81. The van der Waals surface area contributed by atoms with Crippen LogP contribution in [0, 0.1) is 14.9 Å². The zero-order valence-electron chi connectivity index (χ0n) is 20.2. The van der Waals surface area contributed by atoms with Gasteiger partial charge in [-0.05, 0) is 110 Å². The lowest BCUT2D eigenvalue weighted by Gasteiger charge is -2.33. The first-order valence-corrected chi connectivity index (χ1v) is 14.4. The largest absolute Gasteiger partial charge is 0.371 e. The van der Waals surface area contributed by atoms with E-state index < -0.39 is 14.8 Å². The molecule has 34 heavy (non-hydrogen) atoms. The molecule has 3 aliphatic rings. The second-order valence-electron chi connectivity index (χ2n) is 11.1. The third-order valence-electron chi connectivity index (χ3n) is 7.74. The molecule has 6 nitrogen and oxygen atoms in total. The summed E-state index contributed by atoms with van der Waals surface area (Å²) in [4.78, 5) is 15.8. The first kappa shape index (κ1) is 23.9. The van der Waals surface area contributed by atoms with Crippen LogP contribution in [0.15, 0.2) is 36.4 Å². The normalized spacial score (nSPS) is 24.0. The van der Waals surface area contributed by atoms with E-state index in [0.717, 1.165) is 34.3 Å². The molecule has 0 bridgehead atoms. The van der Waals surface area contributed by atoms with Crippen molar-refractivity contribution in [2.75, 3.05) is 34.2 Å². The molecule has 1 saturated heterocycles. The monoisotopic (exact) mass is 593 g/mol. The van der Waals surface area contributed by atoms with Crippen molar-refractivity contribution in [2.24, 2.45) is 11.3 Å². The summed E-state index contributed by atoms with van der Waals surface area (Å²) in [6.07, 6.45) is 3.11. The molecule has 2 atom stereocenters. The molecular formula is C26H32IN3O3S. The molecule has 2 aliphatic heterocycles. The molecule has 1 saturated carbocycles. The van der Waals surface area contributed by atoms with E-state index in [1.54, 1.807) is 26.8 Å². The second kappa shape index (κ2) is 8.11. The van der Waals surface area contributed by atoms with E-state index in [-0.39, 0.29) is 5.91 Å². The van der Waals surface area contributed by atoms with Crippen molar-refractivity contribution < 1.29 is 13.2 Å². The number of nitrogens with zero attached hydrogens (tertiary/aromatic N) is 2. The Balaban J connectivity index is 1.41. The molecular weight excluding hydrogens is 561 g/mol. The highest BCUT2D eigenvalue weighted by Gasteiger charge is 2.52. The number of rotatable bonds is 4. The molecule has 2 aromatic rings. The third kappa shape index (κ3) is 4.10. The standard InChI is InChI=1S/C26H32IN3O3S/c1-25(2,3)34(32,33)30-11-9-17-5-7-20(14-22(17)30)28-24(31)21-8-6-19(27)13-23(21)29-12-10-26(4)15-18(26)16-29/h5-8,13-14,18H,9-12,15-16H2,1-4H3,(H,28,31). The van der Waals surface area contributed by atoms with E-state index in [1.165, 1.54) is 10.7 Å². The zero-order valence-corrected chi connectivity index (χ0v) is 23.2. The van der Waals surface area contributed by atoms with Gasteiger partial charge < -0.3 is 10.2 Å². The number of carbonyl (C=O) groups excluding carboxylic acids is 1. The van der Waals surface area contributed by atoms with Gasteiger partial charge in [0.25, 0.3) is 5.91 Å². The van der Waals surface area contributed by atoms with E-state index in [1.807, 2.05) is 24.3 Å². The molecule has 2 fully saturated rings. The van der Waals surface area contributed by atoms with E-state index in [9.17, 15) is 13.2 Å². The third-order valence-corrected chi connectivity index (χ3v) is 10.9. The van der Waals surface area contributed by atoms with Crippen LogP contribution in [-0.4, -0.2) is 38.7 Å². The molecule has 5 rings (SSSR count). The van der Waals surface area contributed by atoms with Gasteiger partial charge >= 0.3 is 0 Å². The summed E-state index contributed by atoms with van der Waals surface area (Å²) in [6, 6.07) is 11.6. The highest BCUT2D eigenvalue weighted by molar-refractivity contribution is 14.1. The minimum Gasteiger partial charge on any atom is -0.371 e. The van der Waals surface area contributed by atoms with Crippen LogP contribution in [0.3, 0.4) is 0 Å². The van der Waals surface area contributed by atoms with Crippen molar-refractivity contribution in [1.82, 2.24) is 0 Å². The van der Waals surface area contributed by atoms with E-state index in [0.29, 0.717) is 41.2 Å². The molecule has 1 amide bonds. The summed E-state index contributed by atoms with van der Waals surface area (Å²) >= 11 is 2.30. The molecule has 2 aromatic carbocycles. The Bertz CT molecular complexity index is 1270. The number of fused-ring (bicyclic) bond motifs is 2. The number of piperidine rings is 1. The molecule has 1 aliphatic carbocycles. The number of anilines is 3. The highest BCUT2D eigenvalue weighted by atomic mass is 127. The summed E-state index contributed by atoms with van der Waals surface area (Å²) in [7, 11) is -3.51. The molecule has 0 spiro atoms. The van der Waals surface area contributed by atoms with Crippen LogP contribution in [0.25, 0.3) is 0 Å². The minimum absolute atomic E-state index is 0.168. The van der Waals surface area contributed by atoms with Gasteiger partial charge in [0.05, 0.1) is 21.7 Å². The number of halogens is 1. The van der Waals surface area contributed by atoms with Crippen LogP contribution in [0.4, 0.5) is 17.1 Å². The fourth-order valence-electron chi connectivity index (χ4n) is 5.23. The molecule has 2 heterocycles. The van der Waals surface area contributed by atoms with Crippen LogP contribution in [0.2, 0.25) is 0 Å². The summed E-state index contributed by atoms with van der Waals surface area (Å²) in [5, 5.41) is 3.04. The number of carbonyl (C=O) groups is 1. The molecule has 2 unspecified atom stereocenters. The summed E-state index contributed by atoms with van der Waals surface area (Å²) in [6.45, 7) is 9.91. The van der Waals surface area contributed by atoms with Gasteiger partial charge in [-0.15, -0.1) is 0 Å². The smallest absolute Gasteiger partial charge is 0.257 e. The Morgan fingerprint density at radius 3 is 2.59 bits per heavy atom. The quantitative estimate of drug-likeness (QED) is 0.491. The lowest BCUT2D eigenvalue weighted by atomic mass is 9.96. The van der Waals surface area contributed by atoms with Gasteiger partial charge in [0, 0.05) is 28.9 Å². The van der Waals surface area contributed by atoms with Crippen LogP contribution >= 0.6 is 22.6 Å². The predicted molar refractivity (Wildman–Crippen MR) is 146 cm³/mol. The van der Waals surface area contributed by atoms with Crippen LogP contribution in [0.1, 0.15) is 56.5 Å². The Kier molecular flexibility index (Phi) is 5.71. The van der Waals surface area contributed by atoms with Crippen LogP contribution < -0.4 is 14.5 Å². The van der Waals surface area contributed by atoms with E-state index in [2.05, 4.69) is 45.8 Å². The fourth-order valence-corrected chi connectivity index (χ4v) is 7.12. The first-order chi connectivity index (χ1) is 15.9. The van der Waals surface area contributed by atoms with Gasteiger partial charge in [-0.2, -0.15) is 0 Å². The van der Waals surface area contributed by atoms with Crippen molar-refractivity contribution in [2.45, 2.75) is 51.7 Å². The SMILES string of the molecule is CC12CCN(c3cc(I)ccc3C(=O)Nc3ccc4c(c3)N(S(=O)(=O)C(C)(C)C)CC4)CC1C2. The molecule has 182 valence electrons. The lowest BCUT2D eigenvalue weighted by Crippen LogP contribution is -2.42. The maximum Gasteiger partial charge on any atom is 0.257 e. The number of sulfonamides is 1. The summed E-state index contributed by atoms with van der Waals surface area (Å²) < 4.78 is 27.9.